The summed E-state index contributed by atoms with van der Waals surface area (Å²) in [6.45, 7) is 0.986. The molecule has 1 saturated heterocycles. The smallest absolute Gasteiger partial charge is 0.270 e. The van der Waals surface area contributed by atoms with Crippen molar-refractivity contribution < 1.29 is 19.2 Å². The SMILES string of the molecule is O=C(CSc1nc2ccccc2c(=O)n1CC1CCCO1)NNC(=O)c1cccc([N+](=O)[O-])c1. The fraction of sp³-hybridized carbons (Fsp3) is 0.273. The normalized spacial score (nSPS) is 15.2. The number of amides is 2. The van der Waals surface area contributed by atoms with E-state index in [1.54, 1.807) is 24.3 Å². The van der Waals surface area contributed by atoms with Gasteiger partial charge in [0, 0.05) is 24.3 Å². The maximum absolute atomic E-state index is 13.1. The van der Waals surface area contributed by atoms with E-state index in [4.69, 9.17) is 4.74 Å². The topological polar surface area (TPSA) is 145 Å². The maximum Gasteiger partial charge on any atom is 0.270 e. The average Bonchev–Trinajstić information content (AvgIpc) is 3.36. The summed E-state index contributed by atoms with van der Waals surface area (Å²) < 4.78 is 7.19. The molecule has 2 aromatic carbocycles. The first kappa shape index (κ1) is 23.4. The Bertz CT molecular complexity index is 1300. The molecule has 34 heavy (non-hydrogen) atoms. The van der Waals surface area contributed by atoms with Crippen LogP contribution in [0, 0.1) is 10.1 Å². The molecule has 1 aromatic heterocycles. The molecule has 1 unspecified atom stereocenters. The number of nitro groups is 1. The van der Waals surface area contributed by atoms with Crippen molar-refractivity contribution in [3.05, 3.63) is 74.6 Å². The molecule has 0 bridgehead atoms. The number of nitrogens with one attached hydrogen (secondary N) is 2. The maximum atomic E-state index is 13.1. The number of non-ortho nitro benzene ring substituents is 1. The van der Waals surface area contributed by atoms with E-state index in [-0.39, 0.29) is 28.7 Å². The van der Waals surface area contributed by atoms with E-state index < -0.39 is 16.7 Å². The molecule has 3 aromatic rings. The molecular formula is C22H21N5O6S. The van der Waals surface area contributed by atoms with Crippen LogP contribution >= 0.6 is 11.8 Å². The van der Waals surface area contributed by atoms with Crippen LogP contribution in [0.5, 0.6) is 0 Å². The zero-order chi connectivity index (χ0) is 24.1. The Hall–Kier alpha value is -3.77. The first-order valence-corrected chi connectivity index (χ1v) is 11.5. The van der Waals surface area contributed by atoms with Gasteiger partial charge in [0.05, 0.1) is 34.2 Å². The highest BCUT2D eigenvalue weighted by Gasteiger charge is 2.21. The molecule has 1 aliphatic heterocycles. The first-order valence-electron chi connectivity index (χ1n) is 10.5. The quantitative estimate of drug-likeness (QED) is 0.225. The number of hydrogen-bond donors (Lipinski definition) is 2. The van der Waals surface area contributed by atoms with Gasteiger partial charge in [-0.1, -0.05) is 30.0 Å². The fourth-order valence-corrected chi connectivity index (χ4v) is 4.34. The van der Waals surface area contributed by atoms with E-state index in [9.17, 15) is 24.5 Å². The van der Waals surface area contributed by atoms with Crippen LogP contribution in [0.25, 0.3) is 10.9 Å². The molecule has 1 atom stereocenters. The van der Waals surface area contributed by atoms with Gasteiger partial charge >= 0.3 is 0 Å². The Kier molecular flexibility index (Phi) is 7.18. The lowest BCUT2D eigenvalue weighted by Gasteiger charge is -2.16. The van der Waals surface area contributed by atoms with E-state index in [2.05, 4.69) is 15.8 Å². The molecular weight excluding hydrogens is 462 g/mol. The Morgan fingerprint density at radius 1 is 1.21 bits per heavy atom. The highest BCUT2D eigenvalue weighted by Crippen LogP contribution is 2.21. The molecule has 0 saturated carbocycles. The summed E-state index contributed by atoms with van der Waals surface area (Å²) in [5, 5.41) is 11.7. The number of thioether (sulfide) groups is 1. The number of benzene rings is 2. The molecule has 176 valence electrons. The van der Waals surface area contributed by atoms with Gasteiger partial charge in [0.1, 0.15) is 0 Å². The van der Waals surface area contributed by atoms with Crippen LogP contribution in [-0.2, 0) is 16.1 Å². The van der Waals surface area contributed by atoms with Gasteiger partial charge < -0.3 is 4.74 Å². The monoisotopic (exact) mass is 483 g/mol. The van der Waals surface area contributed by atoms with E-state index in [0.29, 0.717) is 29.2 Å². The number of nitrogens with zero attached hydrogens (tertiary/aromatic N) is 3. The Balaban J connectivity index is 1.43. The van der Waals surface area contributed by atoms with Gasteiger partial charge in [0.15, 0.2) is 5.16 Å². The van der Waals surface area contributed by atoms with E-state index in [1.807, 2.05) is 0 Å². The third-order valence-corrected chi connectivity index (χ3v) is 6.18. The number of hydrogen-bond acceptors (Lipinski definition) is 8. The summed E-state index contributed by atoms with van der Waals surface area (Å²) in [5.41, 5.74) is 4.62. The number of nitro benzene ring substituents is 1. The van der Waals surface area contributed by atoms with Crippen molar-refractivity contribution in [2.24, 2.45) is 0 Å². The van der Waals surface area contributed by atoms with Crippen LogP contribution in [-0.4, -0.2) is 44.8 Å². The second kappa shape index (κ2) is 10.4. The van der Waals surface area contributed by atoms with Crippen molar-refractivity contribution in [2.75, 3.05) is 12.4 Å². The molecule has 1 aliphatic rings. The zero-order valence-corrected chi connectivity index (χ0v) is 18.7. The van der Waals surface area contributed by atoms with Crippen molar-refractivity contribution in [1.82, 2.24) is 20.4 Å². The van der Waals surface area contributed by atoms with Crippen molar-refractivity contribution in [1.29, 1.82) is 0 Å². The van der Waals surface area contributed by atoms with Crippen LogP contribution in [0.1, 0.15) is 23.2 Å². The summed E-state index contributed by atoms with van der Waals surface area (Å²) in [7, 11) is 0. The van der Waals surface area contributed by atoms with Gasteiger partial charge in [-0.3, -0.25) is 39.9 Å². The molecule has 4 rings (SSSR count). The number of hydrazine groups is 1. The summed E-state index contributed by atoms with van der Waals surface area (Å²) in [5.74, 6) is -1.35. The molecule has 1 fully saturated rings. The third-order valence-electron chi connectivity index (χ3n) is 5.20. The van der Waals surface area contributed by atoms with Gasteiger partial charge in [-0.25, -0.2) is 4.98 Å². The molecule has 0 radical (unpaired) electrons. The highest BCUT2D eigenvalue weighted by molar-refractivity contribution is 7.99. The van der Waals surface area contributed by atoms with Crippen LogP contribution in [0.15, 0.2) is 58.5 Å². The summed E-state index contributed by atoms with van der Waals surface area (Å²) in [6, 6.07) is 12.1. The largest absolute Gasteiger partial charge is 0.376 e. The van der Waals surface area contributed by atoms with E-state index in [1.165, 1.54) is 22.8 Å². The van der Waals surface area contributed by atoms with Crippen molar-refractivity contribution in [3.8, 4) is 0 Å². The standard InChI is InChI=1S/C22H21N5O6S/c28-19(24-25-20(29)14-5-3-6-15(11-14)27(31)32)13-34-22-23-18-9-2-1-8-17(18)21(30)26(22)12-16-7-4-10-33-16/h1-3,5-6,8-9,11,16H,4,7,10,12-13H2,(H,24,28)(H,25,29). The lowest BCUT2D eigenvalue weighted by Crippen LogP contribution is -2.42. The van der Waals surface area contributed by atoms with Gasteiger partial charge in [-0.15, -0.1) is 0 Å². The highest BCUT2D eigenvalue weighted by atomic mass is 32.2. The van der Waals surface area contributed by atoms with Crippen LogP contribution in [0.4, 0.5) is 5.69 Å². The lowest BCUT2D eigenvalue weighted by molar-refractivity contribution is -0.384. The Morgan fingerprint density at radius 2 is 2.03 bits per heavy atom. The van der Waals surface area contributed by atoms with E-state index in [0.717, 1.165) is 30.7 Å². The summed E-state index contributed by atoms with van der Waals surface area (Å²) >= 11 is 1.07. The molecule has 0 spiro atoms. The summed E-state index contributed by atoms with van der Waals surface area (Å²) in [4.78, 5) is 52.4. The van der Waals surface area contributed by atoms with Crippen molar-refractivity contribution in [2.45, 2.75) is 30.6 Å². The van der Waals surface area contributed by atoms with Crippen molar-refractivity contribution in [3.63, 3.8) is 0 Å². The van der Waals surface area contributed by atoms with Crippen LogP contribution in [0.2, 0.25) is 0 Å². The second-order valence-corrected chi connectivity index (χ2v) is 8.50. The molecule has 0 aliphatic carbocycles. The fourth-order valence-electron chi connectivity index (χ4n) is 3.54. The molecule has 2 heterocycles. The minimum Gasteiger partial charge on any atom is -0.376 e. The van der Waals surface area contributed by atoms with Gasteiger partial charge in [0.25, 0.3) is 17.2 Å². The average molecular weight is 484 g/mol. The zero-order valence-electron chi connectivity index (χ0n) is 17.9. The number of carbonyl (C=O) groups is 2. The predicted octanol–water partition coefficient (Wildman–Crippen LogP) is 2.04. The number of para-hydroxylation sites is 1. The number of carbonyl (C=O) groups excluding carboxylic acids is 2. The number of rotatable bonds is 7. The number of ether oxygens (including phenoxy) is 1. The summed E-state index contributed by atoms with van der Waals surface area (Å²) in [6.07, 6.45) is 1.67. The lowest BCUT2D eigenvalue weighted by atomic mass is 10.2. The van der Waals surface area contributed by atoms with Gasteiger partial charge in [-0.2, -0.15) is 0 Å². The number of fused-ring (bicyclic) bond motifs is 1. The number of aromatic nitrogens is 2. The minimum atomic E-state index is -0.693. The molecule has 11 nitrogen and oxygen atoms in total. The molecule has 2 amide bonds. The van der Waals surface area contributed by atoms with Gasteiger partial charge in [-0.05, 0) is 31.0 Å². The van der Waals surface area contributed by atoms with Crippen molar-refractivity contribution >= 4 is 40.2 Å². The third kappa shape index (κ3) is 5.41. The second-order valence-electron chi connectivity index (χ2n) is 7.56. The van der Waals surface area contributed by atoms with Crippen LogP contribution < -0.4 is 16.4 Å². The first-order chi connectivity index (χ1) is 16.4. The Morgan fingerprint density at radius 3 is 2.79 bits per heavy atom. The molecule has 12 heteroatoms. The van der Waals surface area contributed by atoms with Crippen LogP contribution in [0.3, 0.4) is 0 Å². The van der Waals surface area contributed by atoms with E-state index >= 15 is 0 Å². The Labute approximate surface area is 197 Å². The minimum absolute atomic E-state index is 0.0313. The predicted molar refractivity (Wildman–Crippen MR) is 124 cm³/mol. The molecule has 2 N–H and O–H groups in total. The van der Waals surface area contributed by atoms with Gasteiger partial charge in [0.2, 0.25) is 5.91 Å².